The highest BCUT2D eigenvalue weighted by atomic mass is 16.5. The normalized spacial score (nSPS) is 17.6. The summed E-state index contributed by atoms with van der Waals surface area (Å²) in [4.78, 5) is 27.9. The number of aryl methyl sites for hydroxylation is 1. The molecular weight excluding hydrogens is 212 g/mol. The third-order valence-electron chi connectivity index (χ3n) is 2.22. The van der Waals surface area contributed by atoms with Crippen molar-refractivity contribution in [3.8, 4) is 0 Å². The molecule has 1 aromatic heterocycles. The number of hydrogen-bond donors (Lipinski definition) is 1. The van der Waals surface area contributed by atoms with Gasteiger partial charge in [0.15, 0.2) is 5.82 Å². The minimum atomic E-state index is -0.266. The van der Waals surface area contributed by atoms with E-state index in [4.69, 9.17) is 4.52 Å². The van der Waals surface area contributed by atoms with E-state index >= 15 is 0 Å². The summed E-state index contributed by atoms with van der Waals surface area (Å²) in [7, 11) is 0. The molecule has 86 valence electrons. The molecule has 16 heavy (non-hydrogen) atoms. The first-order valence-corrected chi connectivity index (χ1v) is 4.98. The molecule has 1 N–H and O–H groups in total. The second-order valence-electron chi connectivity index (χ2n) is 3.67. The first-order valence-electron chi connectivity index (χ1n) is 4.98. The van der Waals surface area contributed by atoms with E-state index in [0.717, 1.165) is 0 Å². The van der Waals surface area contributed by atoms with Gasteiger partial charge in [0.1, 0.15) is 0 Å². The minimum absolute atomic E-state index is 0.235. The molecular formula is C9H12N4O3. The SMILES string of the molecule is Cc1noc(CCN2CC(=O)NC(=O)C2)n1. The number of nitrogens with zero attached hydrogens (tertiary/aromatic N) is 3. The van der Waals surface area contributed by atoms with Crippen LogP contribution in [0.5, 0.6) is 0 Å². The molecule has 1 aliphatic heterocycles. The van der Waals surface area contributed by atoms with Crippen LogP contribution in [-0.2, 0) is 16.0 Å². The lowest BCUT2D eigenvalue weighted by Crippen LogP contribution is -2.51. The highest BCUT2D eigenvalue weighted by Gasteiger charge is 2.22. The van der Waals surface area contributed by atoms with E-state index in [1.807, 2.05) is 0 Å². The van der Waals surface area contributed by atoms with Gasteiger partial charge in [-0.2, -0.15) is 4.98 Å². The van der Waals surface area contributed by atoms with Crippen molar-refractivity contribution in [2.75, 3.05) is 19.6 Å². The summed E-state index contributed by atoms with van der Waals surface area (Å²) >= 11 is 0. The number of carbonyl (C=O) groups excluding carboxylic acids is 2. The van der Waals surface area contributed by atoms with Crippen LogP contribution in [-0.4, -0.2) is 46.5 Å². The highest BCUT2D eigenvalue weighted by Crippen LogP contribution is 2.01. The Morgan fingerprint density at radius 3 is 2.62 bits per heavy atom. The van der Waals surface area contributed by atoms with Gasteiger partial charge in [-0.05, 0) is 6.92 Å². The van der Waals surface area contributed by atoms with Crippen LogP contribution in [0.15, 0.2) is 4.52 Å². The fourth-order valence-electron chi connectivity index (χ4n) is 1.55. The number of aromatic nitrogens is 2. The average molecular weight is 224 g/mol. The van der Waals surface area contributed by atoms with Crippen molar-refractivity contribution < 1.29 is 14.1 Å². The molecule has 7 nitrogen and oxygen atoms in total. The number of imide groups is 1. The summed E-state index contributed by atoms with van der Waals surface area (Å²) in [5, 5.41) is 5.90. The summed E-state index contributed by atoms with van der Waals surface area (Å²) in [5.74, 6) is 0.578. The molecule has 2 amide bonds. The van der Waals surface area contributed by atoms with Crippen molar-refractivity contribution in [2.24, 2.45) is 0 Å². The maximum absolute atomic E-state index is 11.1. The van der Waals surface area contributed by atoms with E-state index in [2.05, 4.69) is 15.5 Å². The predicted octanol–water partition coefficient (Wildman–Crippen LogP) is -1.12. The Morgan fingerprint density at radius 1 is 1.38 bits per heavy atom. The maximum atomic E-state index is 11.1. The number of carbonyl (C=O) groups is 2. The molecule has 0 unspecified atom stereocenters. The topological polar surface area (TPSA) is 88.3 Å². The average Bonchev–Trinajstić information content (AvgIpc) is 2.60. The lowest BCUT2D eigenvalue weighted by Gasteiger charge is -2.24. The zero-order valence-electron chi connectivity index (χ0n) is 8.89. The van der Waals surface area contributed by atoms with Crippen LogP contribution in [0.3, 0.4) is 0 Å². The standard InChI is InChI=1S/C9H12N4O3/c1-6-10-9(16-12-6)2-3-13-4-7(14)11-8(15)5-13/h2-5H2,1H3,(H,11,14,15). The molecule has 0 radical (unpaired) electrons. The molecule has 1 saturated heterocycles. The molecule has 2 heterocycles. The Hall–Kier alpha value is -1.76. The third-order valence-corrected chi connectivity index (χ3v) is 2.22. The highest BCUT2D eigenvalue weighted by molar-refractivity contribution is 5.99. The molecule has 1 aromatic rings. The van der Waals surface area contributed by atoms with E-state index in [1.165, 1.54) is 0 Å². The molecule has 1 fully saturated rings. The van der Waals surface area contributed by atoms with Crippen LogP contribution < -0.4 is 5.32 Å². The van der Waals surface area contributed by atoms with Crippen LogP contribution in [0.1, 0.15) is 11.7 Å². The van der Waals surface area contributed by atoms with Gasteiger partial charge in [0.05, 0.1) is 13.1 Å². The Bertz CT molecular complexity index is 399. The van der Waals surface area contributed by atoms with Crippen molar-refractivity contribution >= 4 is 11.8 Å². The number of piperazine rings is 1. The Morgan fingerprint density at radius 2 is 2.06 bits per heavy atom. The van der Waals surface area contributed by atoms with Crippen LogP contribution in [0.25, 0.3) is 0 Å². The Labute approximate surface area is 91.8 Å². The second-order valence-corrected chi connectivity index (χ2v) is 3.67. The van der Waals surface area contributed by atoms with Crippen molar-refractivity contribution in [1.82, 2.24) is 20.4 Å². The van der Waals surface area contributed by atoms with Gasteiger partial charge in [0, 0.05) is 13.0 Å². The van der Waals surface area contributed by atoms with Crippen LogP contribution in [0.2, 0.25) is 0 Å². The zero-order chi connectivity index (χ0) is 11.5. The van der Waals surface area contributed by atoms with Gasteiger partial charge in [-0.15, -0.1) is 0 Å². The fraction of sp³-hybridized carbons (Fsp3) is 0.556. The lowest BCUT2D eigenvalue weighted by atomic mass is 10.3. The van der Waals surface area contributed by atoms with Gasteiger partial charge >= 0.3 is 0 Å². The number of nitrogens with one attached hydrogen (secondary N) is 1. The Balaban J connectivity index is 1.85. The van der Waals surface area contributed by atoms with Gasteiger partial charge in [-0.1, -0.05) is 5.16 Å². The monoisotopic (exact) mass is 224 g/mol. The summed E-state index contributed by atoms with van der Waals surface area (Å²) in [5.41, 5.74) is 0. The molecule has 0 atom stereocenters. The molecule has 0 spiro atoms. The van der Waals surface area contributed by atoms with Crippen LogP contribution >= 0.6 is 0 Å². The van der Waals surface area contributed by atoms with Gasteiger partial charge in [-0.3, -0.25) is 19.8 Å². The summed E-state index contributed by atoms with van der Waals surface area (Å²) in [6.07, 6.45) is 0.543. The summed E-state index contributed by atoms with van der Waals surface area (Å²) < 4.78 is 4.94. The quantitative estimate of drug-likeness (QED) is 0.654. The van der Waals surface area contributed by atoms with Crippen LogP contribution in [0.4, 0.5) is 0 Å². The molecule has 0 saturated carbocycles. The van der Waals surface area contributed by atoms with Crippen molar-refractivity contribution in [3.05, 3.63) is 11.7 Å². The van der Waals surface area contributed by atoms with E-state index in [0.29, 0.717) is 24.7 Å². The Kier molecular flexibility index (Phi) is 2.95. The first kappa shape index (κ1) is 10.7. The van der Waals surface area contributed by atoms with E-state index < -0.39 is 0 Å². The second kappa shape index (κ2) is 4.40. The third kappa shape index (κ3) is 2.63. The number of hydrogen-bond acceptors (Lipinski definition) is 6. The van der Waals surface area contributed by atoms with Gasteiger partial charge in [0.25, 0.3) is 0 Å². The maximum Gasteiger partial charge on any atom is 0.240 e. The van der Waals surface area contributed by atoms with Crippen molar-refractivity contribution in [2.45, 2.75) is 13.3 Å². The summed E-state index contributed by atoms with van der Waals surface area (Å²) in [6, 6.07) is 0. The molecule has 7 heteroatoms. The molecule has 1 aliphatic rings. The smallest absolute Gasteiger partial charge is 0.240 e. The van der Waals surface area contributed by atoms with Crippen molar-refractivity contribution in [3.63, 3.8) is 0 Å². The zero-order valence-corrected chi connectivity index (χ0v) is 8.89. The molecule has 0 aromatic carbocycles. The minimum Gasteiger partial charge on any atom is -0.339 e. The van der Waals surface area contributed by atoms with Crippen molar-refractivity contribution in [1.29, 1.82) is 0 Å². The van der Waals surface area contributed by atoms with Gasteiger partial charge < -0.3 is 4.52 Å². The van der Waals surface area contributed by atoms with E-state index in [9.17, 15) is 9.59 Å². The largest absolute Gasteiger partial charge is 0.339 e. The van der Waals surface area contributed by atoms with Crippen LogP contribution in [0, 0.1) is 6.92 Å². The molecule has 0 bridgehead atoms. The number of amides is 2. The molecule has 0 aliphatic carbocycles. The lowest BCUT2D eigenvalue weighted by molar-refractivity contribution is -0.136. The first-order chi connectivity index (χ1) is 7.63. The van der Waals surface area contributed by atoms with Gasteiger partial charge in [-0.25, -0.2) is 0 Å². The fourth-order valence-corrected chi connectivity index (χ4v) is 1.55. The van der Waals surface area contributed by atoms with Gasteiger partial charge in [0.2, 0.25) is 17.7 Å². The molecule has 2 rings (SSSR count). The number of rotatable bonds is 3. The van der Waals surface area contributed by atoms with E-state index in [-0.39, 0.29) is 24.9 Å². The summed E-state index contributed by atoms with van der Waals surface area (Å²) in [6.45, 7) is 2.77. The van der Waals surface area contributed by atoms with E-state index in [1.54, 1.807) is 11.8 Å². The predicted molar refractivity (Wildman–Crippen MR) is 52.3 cm³/mol.